The van der Waals surface area contributed by atoms with Gasteiger partial charge in [0, 0.05) is 22.9 Å². The van der Waals surface area contributed by atoms with E-state index in [1.807, 2.05) is 0 Å². The zero-order valence-electron chi connectivity index (χ0n) is 19.3. The lowest BCUT2D eigenvalue weighted by molar-refractivity contribution is -0.385. The van der Waals surface area contributed by atoms with Crippen molar-refractivity contribution in [1.82, 2.24) is 5.43 Å². The van der Waals surface area contributed by atoms with Crippen molar-refractivity contribution in [3.05, 3.63) is 123 Å². The number of hydrazone groups is 1. The molecule has 0 saturated heterocycles. The monoisotopic (exact) mass is 532 g/mol. The number of carbonyl (C=O) groups is 3. The summed E-state index contributed by atoms with van der Waals surface area (Å²) in [6, 6.07) is 19.1. The molecule has 0 spiro atoms. The molecule has 190 valence electrons. The Labute approximate surface area is 219 Å². The standard InChI is InChI=1S/C26H17ClN4O7/c27-20-7-2-1-6-19(20)26(34)38-23-17(5-3-8-21(23)31(35)36)15-28-30-24(32)16-10-12-18(13-11-16)29-25(33)22-9-4-14-37-22/h1-15H,(H,29,33)(H,30,32)/b28-15+. The van der Waals surface area contributed by atoms with E-state index in [-0.39, 0.29) is 33.2 Å². The highest BCUT2D eigenvalue weighted by Crippen LogP contribution is 2.31. The van der Waals surface area contributed by atoms with Gasteiger partial charge in [-0.15, -0.1) is 0 Å². The molecule has 0 radical (unpaired) electrons. The van der Waals surface area contributed by atoms with Crippen LogP contribution in [-0.4, -0.2) is 28.9 Å². The second-order valence-electron chi connectivity index (χ2n) is 7.53. The number of anilines is 1. The van der Waals surface area contributed by atoms with Crippen molar-refractivity contribution < 1.29 is 28.5 Å². The molecule has 2 N–H and O–H groups in total. The number of hydrogen-bond donors (Lipinski definition) is 2. The molecule has 2 amide bonds. The van der Waals surface area contributed by atoms with E-state index in [4.69, 9.17) is 20.8 Å². The van der Waals surface area contributed by atoms with Crippen molar-refractivity contribution in [2.75, 3.05) is 5.32 Å². The maximum atomic E-state index is 12.6. The average Bonchev–Trinajstić information content (AvgIpc) is 3.45. The minimum absolute atomic E-state index is 0.0207. The highest BCUT2D eigenvalue weighted by molar-refractivity contribution is 6.33. The van der Waals surface area contributed by atoms with Crippen LogP contribution in [0.15, 0.2) is 94.6 Å². The van der Waals surface area contributed by atoms with Crippen LogP contribution in [0.5, 0.6) is 5.75 Å². The summed E-state index contributed by atoms with van der Waals surface area (Å²) >= 11 is 6.03. The molecule has 0 saturated carbocycles. The molecule has 0 unspecified atom stereocenters. The van der Waals surface area contributed by atoms with E-state index in [2.05, 4.69) is 15.8 Å². The first-order chi connectivity index (χ1) is 18.3. The fourth-order valence-corrected chi connectivity index (χ4v) is 3.42. The van der Waals surface area contributed by atoms with Gasteiger partial charge in [-0.1, -0.05) is 29.8 Å². The van der Waals surface area contributed by atoms with E-state index < -0.39 is 28.4 Å². The summed E-state index contributed by atoms with van der Waals surface area (Å²) in [7, 11) is 0. The maximum absolute atomic E-state index is 12.6. The molecule has 0 aliphatic rings. The number of nitrogens with zero attached hydrogens (tertiary/aromatic N) is 2. The Hall–Kier alpha value is -5.29. The Morgan fingerprint density at radius 1 is 0.947 bits per heavy atom. The third-order valence-corrected chi connectivity index (χ3v) is 5.36. The number of nitrogens with one attached hydrogen (secondary N) is 2. The number of hydrogen-bond acceptors (Lipinski definition) is 8. The van der Waals surface area contributed by atoms with E-state index in [9.17, 15) is 24.5 Å². The summed E-state index contributed by atoms with van der Waals surface area (Å²) in [6.45, 7) is 0. The van der Waals surface area contributed by atoms with Gasteiger partial charge in [0.25, 0.3) is 11.8 Å². The number of esters is 1. The van der Waals surface area contributed by atoms with Crippen LogP contribution < -0.4 is 15.5 Å². The molecule has 1 heterocycles. The zero-order chi connectivity index (χ0) is 27.1. The Balaban J connectivity index is 1.46. The molecule has 11 nitrogen and oxygen atoms in total. The van der Waals surface area contributed by atoms with Gasteiger partial charge in [0.2, 0.25) is 5.75 Å². The quantitative estimate of drug-likeness (QED) is 0.105. The number of furan rings is 1. The predicted octanol–water partition coefficient (Wildman–Crippen LogP) is 5.08. The fraction of sp³-hybridized carbons (Fsp3) is 0. The van der Waals surface area contributed by atoms with Gasteiger partial charge in [0.1, 0.15) is 0 Å². The van der Waals surface area contributed by atoms with Crippen molar-refractivity contribution >= 4 is 47.0 Å². The summed E-state index contributed by atoms with van der Waals surface area (Å²) < 4.78 is 10.3. The number of halogens is 1. The number of amides is 2. The van der Waals surface area contributed by atoms with Crippen molar-refractivity contribution in [2.24, 2.45) is 5.10 Å². The minimum atomic E-state index is -0.900. The fourth-order valence-electron chi connectivity index (χ4n) is 3.20. The lowest BCUT2D eigenvalue weighted by atomic mass is 10.1. The van der Waals surface area contributed by atoms with Crippen molar-refractivity contribution in [2.45, 2.75) is 0 Å². The van der Waals surface area contributed by atoms with Gasteiger partial charge in [-0.2, -0.15) is 5.10 Å². The largest absolute Gasteiger partial charge is 0.459 e. The lowest BCUT2D eigenvalue weighted by Crippen LogP contribution is -2.18. The first-order valence-electron chi connectivity index (χ1n) is 10.9. The summed E-state index contributed by atoms with van der Waals surface area (Å²) in [5.41, 5.74) is 2.57. The molecule has 0 atom stereocenters. The van der Waals surface area contributed by atoms with Crippen LogP contribution in [0.25, 0.3) is 0 Å². The van der Waals surface area contributed by atoms with Crippen LogP contribution in [0.3, 0.4) is 0 Å². The lowest BCUT2D eigenvalue weighted by Gasteiger charge is -2.09. The highest BCUT2D eigenvalue weighted by Gasteiger charge is 2.23. The summed E-state index contributed by atoms with van der Waals surface area (Å²) in [5.74, 6) is -2.16. The minimum Gasteiger partial charge on any atom is -0.459 e. The van der Waals surface area contributed by atoms with Gasteiger partial charge in [-0.05, 0) is 54.6 Å². The van der Waals surface area contributed by atoms with E-state index in [1.165, 1.54) is 60.9 Å². The van der Waals surface area contributed by atoms with Crippen LogP contribution in [0.1, 0.15) is 36.8 Å². The number of ether oxygens (including phenoxy) is 1. The van der Waals surface area contributed by atoms with Gasteiger partial charge < -0.3 is 14.5 Å². The molecule has 38 heavy (non-hydrogen) atoms. The molecule has 4 rings (SSSR count). The molecular weight excluding hydrogens is 516 g/mol. The highest BCUT2D eigenvalue weighted by atomic mass is 35.5. The Bertz CT molecular complexity index is 1530. The number of nitro groups is 1. The Morgan fingerprint density at radius 2 is 1.71 bits per heavy atom. The van der Waals surface area contributed by atoms with Crippen molar-refractivity contribution in [1.29, 1.82) is 0 Å². The molecule has 0 fully saturated rings. The molecule has 0 bridgehead atoms. The van der Waals surface area contributed by atoms with Crippen LogP contribution >= 0.6 is 11.6 Å². The molecule has 3 aromatic carbocycles. The van der Waals surface area contributed by atoms with Crippen LogP contribution in [0, 0.1) is 10.1 Å². The van der Waals surface area contributed by atoms with E-state index in [1.54, 1.807) is 18.2 Å². The second kappa shape index (κ2) is 11.6. The van der Waals surface area contributed by atoms with Gasteiger partial charge >= 0.3 is 11.7 Å². The van der Waals surface area contributed by atoms with E-state index in [0.717, 1.165) is 12.3 Å². The third-order valence-electron chi connectivity index (χ3n) is 5.03. The van der Waals surface area contributed by atoms with E-state index >= 15 is 0 Å². The van der Waals surface area contributed by atoms with Gasteiger partial charge in [-0.25, -0.2) is 10.2 Å². The summed E-state index contributed by atoms with van der Waals surface area (Å²) in [4.78, 5) is 48.0. The van der Waals surface area contributed by atoms with Crippen LogP contribution in [0.4, 0.5) is 11.4 Å². The van der Waals surface area contributed by atoms with E-state index in [0.29, 0.717) is 5.69 Å². The topological polar surface area (TPSA) is 153 Å². The van der Waals surface area contributed by atoms with Gasteiger partial charge in [-0.3, -0.25) is 19.7 Å². The van der Waals surface area contributed by atoms with Crippen LogP contribution in [-0.2, 0) is 0 Å². The second-order valence-corrected chi connectivity index (χ2v) is 7.94. The number of nitro benzene ring substituents is 1. The van der Waals surface area contributed by atoms with Crippen molar-refractivity contribution in [3.63, 3.8) is 0 Å². The predicted molar refractivity (Wildman–Crippen MR) is 138 cm³/mol. The summed E-state index contributed by atoms with van der Waals surface area (Å²) in [6.07, 6.45) is 2.49. The maximum Gasteiger partial charge on any atom is 0.345 e. The number of rotatable bonds is 8. The number of benzene rings is 3. The molecule has 4 aromatic rings. The van der Waals surface area contributed by atoms with Gasteiger partial charge in [0.15, 0.2) is 5.76 Å². The summed E-state index contributed by atoms with van der Waals surface area (Å²) in [5, 5.41) is 18.1. The van der Waals surface area contributed by atoms with Gasteiger partial charge in [0.05, 0.1) is 28.0 Å². The van der Waals surface area contributed by atoms with Crippen LogP contribution in [0.2, 0.25) is 5.02 Å². The van der Waals surface area contributed by atoms with Crippen molar-refractivity contribution in [3.8, 4) is 5.75 Å². The molecular formula is C26H17ClN4O7. The first-order valence-corrected chi connectivity index (χ1v) is 11.2. The zero-order valence-corrected chi connectivity index (χ0v) is 20.0. The molecule has 12 heteroatoms. The number of carbonyl (C=O) groups excluding carboxylic acids is 3. The Kier molecular flexibility index (Phi) is 7.89. The number of para-hydroxylation sites is 1. The first kappa shape index (κ1) is 25.8. The SMILES string of the molecule is O=C(N/N=C/c1cccc([N+](=O)[O-])c1OC(=O)c1ccccc1Cl)c1ccc(NC(=O)c2ccco2)cc1. The molecule has 0 aliphatic carbocycles. The average molecular weight is 533 g/mol. The normalized spacial score (nSPS) is 10.7. The third kappa shape index (κ3) is 6.09. The smallest absolute Gasteiger partial charge is 0.345 e. The molecule has 0 aliphatic heterocycles. The molecule has 1 aromatic heterocycles. The Morgan fingerprint density at radius 3 is 2.39 bits per heavy atom.